The predicted molar refractivity (Wildman–Crippen MR) is 84.3 cm³/mol. The fourth-order valence-corrected chi connectivity index (χ4v) is 2.36. The van der Waals surface area contributed by atoms with Gasteiger partial charge in [-0.1, -0.05) is 32.1 Å². The molecule has 106 valence electrons. The van der Waals surface area contributed by atoms with Crippen LogP contribution in [0.3, 0.4) is 0 Å². The van der Waals surface area contributed by atoms with Crippen molar-refractivity contribution in [3.05, 3.63) is 47.5 Å². The third-order valence-electron chi connectivity index (χ3n) is 3.15. The molecule has 0 unspecified atom stereocenters. The summed E-state index contributed by atoms with van der Waals surface area (Å²) in [6.45, 7) is 5.01. The Morgan fingerprint density at radius 3 is 2.80 bits per heavy atom. The standard InChI is InChI=1S/C15H19N3OS/c1-10(2)15-17-6-7-18(15)9-11-4-5-13(19-3)12(8-11)14(16)20/h4-8,10H,9H2,1-3H3,(H2,16,20). The molecule has 0 fully saturated rings. The topological polar surface area (TPSA) is 53.1 Å². The van der Waals surface area contributed by atoms with E-state index in [1.807, 2.05) is 30.6 Å². The van der Waals surface area contributed by atoms with Gasteiger partial charge in [-0.2, -0.15) is 0 Å². The first kappa shape index (κ1) is 14.5. The average Bonchev–Trinajstić information content (AvgIpc) is 2.87. The van der Waals surface area contributed by atoms with Crippen LogP contribution in [0.5, 0.6) is 5.75 Å². The molecule has 1 aromatic carbocycles. The molecule has 0 spiro atoms. The van der Waals surface area contributed by atoms with E-state index in [-0.39, 0.29) is 0 Å². The highest BCUT2D eigenvalue weighted by atomic mass is 32.1. The lowest BCUT2D eigenvalue weighted by molar-refractivity contribution is 0.414. The summed E-state index contributed by atoms with van der Waals surface area (Å²) in [6, 6.07) is 5.89. The van der Waals surface area contributed by atoms with Crippen LogP contribution in [0, 0.1) is 0 Å². The van der Waals surface area contributed by atoms with E-state index >= 15 is 0 Å². The van der Waals surface area contributed by atoms with Crippen molar-refractivity contribution >= 4 is 17.2 Å². The minimum Gasteiger partial charge on any atom is -0.496 e. The van der Waals surface area contributed by atoms with Crippen LogP contribution in [-0.2, 0) is 6.54 Å². The number of benzene rings is 1. The van der Waals surface area contributed by atoms with E-state index in [2.05, 4.69) is 23.4 Å². The van der Waals surface area contributed by atoms with Crippen LogP contribution in [0.1, 0.15) is 36.7 Å². The highest BCUT2D eigenvalue weighted by Crippen LogP contribution is 2.21. The highest BCUT2D eigenvalue weighted by Gasteiger charge is 2.10. The second-order valence-electron chi connectivity index (χ2n) is 4.97. The molecule has 0 saturated heterocycles. The fraction of sp³-hybridized carbons (Fsp3) is 0.333. The van der Waals surface area contributed by atoms with E-state index in [1.54, 1.807) is 7.11 Å². The summed E-state index contributed by atoms with van der Waals surface area (Å²) in [5.41, 5.74) is 7.63. The first-order valence-electron chi connectivity index (χ1n) is 6.50. The summed E-state index contributed by atoms with van der Waals surface area (Å²) in [5, 5.41) is 0. The zero-order chi connectivity index (χ0) is 14.7. The Bertz CT molecular complexity index is 619. The number of aromatic nitrogens is 2. The van der Waals surface area contributed by atoms with Crippen LogP contribution in [0.25, 0.3) is 0 Å². The van der Waals surface area contributed by atoms with E-state index in [1.165, 1.54) is 0 Å². The number of ether oxygens (including phenoxy) is 1. The Balaban J connectivity index is 2.32. The minimum atomic E-state index is 0.346. The van der Waals surface area contributed by atoms with Gasteiger partial charge in [0.15, 0.2) is 0 Å². The lowest BCUT2D eigenvalue weighted by Crippen LogP contribution is -2.12. The molecule has 0 saturated carbocycles. The minimum absolute atomic E-state index is 0.346. The molecule has 2 N–H and O–H groups in total. The Morgan fingerprint density at radius 2 is 2.20 bits per heavy atom. The van der Waals surface area contributed by atoms with Gasteiger partial charge in [-0.3, -0.25) is 0 Å². The molecule has 0 aliphatic heterocycles. The molecular weight excluding hydrogens is 270 g/mol. The zero-order valence-corrected chi connectivity index (χ0v) is 12.8. The summed E-state index contributed by atoms with van der Waals surface area (Å²) in [6.07, 6.45) is 3.81. The maximum absolute atomic E-state index is 5.74. The predicted octanol–water partition coefficient (Wildman–Crippen LogP) is 2.70. The SMILES string of the molecule is COc1ccc(Cn2ccnc2C(C)C)cc1C(N)=S. The molecule has 20 heavy (non-hydrogen) atoms. The second kappa shape index (κ2) is 6.05. The van der Waals surface area contributed by atoms with Gasteiger partial charge in [-0.25, -0.2) is 4.98 Å². The van der Waals surface area contributed by atoms with E-state index in [9.17, 15) is 0 Å². The quantitative estimate of drug-likeness (QED) is 0.860. The van der Waals surface area contributed by atoms with Crippen LogP contribution in [0.4, 0.5) is 0 Å². The summed E-state index contributed by atoms with van der Waals surface area (Å²) >= 11 is 5.07. The molecule has 2 aromatic rings. The van der Waals surface area contributed by atoms with Crippen LogP contribution in [-0.4, -0.2) is 21.6 Å². The van der Waals surface area contributed by atoms with Crippen molar-refractivity contribution in [1.82, 2.24) is 9.55 Å². The fourth-order valence-electron chi connectivity index (χ4n) is 2.20. The number of hydrogen-bond acceptors (Lipinski definition) is 3. The number of imidazole rings is 1. The van der Waals surface area contributed by atoms with Crippen molar-refractivity contribution in [3.63, 3.8) is 0 Å². The first-order valence-corrected chi connectivity index (χ1v) is 6.91. The third-order valence-corrected chi connectivity index (χ3v) is 3.37. The number of methoxy groups -OCH3 is 1. The van der Waals surface area contributed by atoms with Crippen LogP contribution in [0.2, 0.25) is 0 Å². The Morgan fingerprint density at radius 1 is 1.45 bits per heavy atom. The van der Waals surface area contributed by atoms with E-state index in [0.29, 0.717) is 16.7 Å². The molecule has 0 bridgehead atoms. The Kier molecular flexibility index (Phi) is 4.39. The van der Waals surface area contributed by atoms with Gasteiger partial charge in [0.25, 0.3) is 0 Å². The molecule has 2 rings (SSSR count). The molecule has 0 atom stereocenters. The highest BCUT2D eigenvalue weighted by molar-refractivity contribution is 7.80. The number of rotatable bonds is 5. The van der Waals surface area contributed by atoms with Crippen LogP contribution >= 0.6 is 12.2 Å². The van der Waals surface area contributed by atoms with Crippen molar-refractivity contribution < 1.29 is 4.74 Å². The molecule has 0 radical (unpaired) electrons. The molecule has 0 aliphatic carbocycles. The first-order chi connectivity index (χ1) is 9.52. The lowest BCUT2D eigenvalue weighted by Gasteiger charge is -2.13. The summed E-state index contributed by atoms with van der Waals surface area (Å²) in [5.74, 6) is 2.16. The zero-order valence-electron chi connectivity index (χ0n) is 12.0. The normalized spacial score (nSPS) is 10.8. The van der Waals surface area contributed by atoms with Gasteiger partial charge in [-0.15, -0.1) is 0 Å². The van der Waals surface area contributed by atoms with Crippen molar-refractivity contribution in [2.24, 2.45) is 5.73 Å². The van der Waals surface area contributed by atoms with Crippen LogP contribution in [0.15, 0.2) is 30.6 Å². The maximum Gasteiger partial charge on any atom is 0.129 e. The van der Waals surface area contributed by atoms with Gasteiger partial charge < -0.3 is 15.0 Å². The number of nitrogens with zero attached hydrogens (tertiary/aromatic N) is 2. The second-order valence-corrected chi connectivity index (χ2v) is 5.41. The number of nitrogens with two attached hydrogens (primary N) is 1. The Labute approximate surface area is 124 Å². The molecule has 4 nitrogen and oxygen atoms in total. The summed E-state index contributed by atoms with van der Waals surface area (Å²) in [4.78, 5) is 4.74. The van der Waals surface area contributed by atoms with E-state index in [0.717, 1.165) is 23.5 Å². The van der Waals surface area contributed by atoms with Crippen molar-refractivity contribution in [1.29, 1.82) is 0 Å². The van der Waals surface area contributed by atoms with Gasteiger partial charge in [0.2, 0.25) is 0 Å². The van der Waals surface area contributed by atoms with Crippen molar-refractivity contribution in [2.45, 2.75) is 26.3 Å². The summed E-state index contributed by atoms with van der Waals surface area (Å²) < 4.78 is 7.41. The van der Waals surface area contributed by atoms with E-state index < -0.39 is 0 Å². The number of thiocarbonyl (C=S) groups is 1. The van der Waals surface area contributed by atoms with Crippen molar-refractivity contribution in [2.75, 3.05) is 7.11 Å². The largest absolute Gasteiger partial charge is 0.496 e. The van der Waals surface area contributed by atoms with Gasteiger partial charge in [-0.05, 0) is 17.7 Å². The maximum atomic E-state index is 5.74. The van der Waals surface area contributed by atoms with Gasteiger partial charge in [0.05, 0.1) is 12.7 Å². The number of hydrogen-bond donors (Lipinski definition) is 1. The molecule has 5 heteroatoms. The molecule has 1 heterocycles. The third kappa shape index (κ3) is 2.99. The summed E-state index contributed by atoms with van der Waals surface area (Å²) in [7, 11) is 1.61. The average molecular weight is 289 g/mol. The monoisotopic (exact) mass is 289 g/mol. The smallest absolute Gasteiger partial charge is 0.129 e. The van der Waals surface area contributed by atoms with Gasteiger partial charge in [0.1, 0.15) is 16.6 Å². The lowest BCUT2D eigenvalue weighted by atomic mass is 10.1. The molecular formula is C15H19N3OS. The van der Waals surface area contributed by atoms with Gasteiger partial charge >= 0.3 is 0 Å². The van der Waals surface area contributed by atoms with Crippen LogP contribution < -0.4 is 10.5 Å². The van der Waals surface area contributed by atoms with Gasteiger partial charge in [0, 0.05) is 24.9 Å². The van der Waals surface area contributed by atoms with E-state index in [4.69, 9.17) is 22.7 Å². The van der Waals surface area contributed by atoms with Crippen molar-refractivity contribution in [3.8, 4) is 5.75 Å². The molecule has 0 aliphatic rings. The molecule has 0 amide bonds. The molecule has 1 aromatic heterocycles. The Hall–Kier alpha value is -1.88.